The van der Waals surface area contributed by atoms with Crippen molar-refractivity contribution in [1.29, 1.82) is 0 Å². The molecule has 1 amide bonds. The molecule has 2 aromatic rings. The molecule has 0 fully saturated rings. The second kappa shape index (κ2) is 9.25. The van der Waals surface area contributed by atoms with Crippen molar-refractivity contribution in [3.05, 3.63) is 58.6 Å². The number of ether oxygens (including phenoxy) is 2. The third kappa shape index (κ3) is 5.23. The standard InChI is InChI=1S/C20H22ClNO4/c1-4-12-25-20(24)14(3)26-16-10-8-15(9-11-16)19(23)22-18-7-5-6-17(21)13(18)2/h5-11,14H,4,12H2,1-3H3,(H,22,23)/t14-/m1/s1. The van der Waals surface area contributed by atoms with Gasteiger partial charge in [0.25, 0.3) is 5.91 Å². The van der Waals surface area contributed by atoms with Gasteiger partial charge in [-0.3, -0.25) is 4.79 Å². The fourth-order valence-corrected chi connectivity index (χ4v) is 2.37. The predicted molar refractivity (Wildman–Crippen MR) is 102 cm³/mol. The first-order valence-corrected chi connectivity index (χ1v) is 8.80. The van der Waals surface area contributed by atoms with Crippen LogP contribution >= 0.6 is 11.6 Å². The molecule has 0 heterocycles. The van der Waals surface area contributed by atoms with Gasteiger partial charge in [0.05, 0.1) is 6.61 Å². The zero-order valence-corrected chi connectivity index (χ0v) is 15.8. The average molecular weight is 376 g/mol. The van der Waals surface area contributed by atoms with Crippen LogP contribution in [0.15, 0.2) is 42.5 Å². The predicted octanol–water partition coefficient (Wildman–Crippen LogP) is 4.62. The van der Waals surface area contributed by atoms with Crippen LogP contribution in [0.5, 0.6) is 5.75 Å². The first-order valence-electron chi connectivity index (χ1n) is 8.42. The molecule has 138 valence electrons. The summed E-state index contributed by atoms with van der Waals surface area (Å²) in [5.41, 5.74) is 1.94. The largest absolute Gasteiger partial charge is 0.479 e. The van der Waals surface area contributed by atoms with E-state index in [4.69, 9.17) is 21.1 Å². The van der Waals surface area contributed by atoms with Crippen molar-refractivity contribution in [3.63, 3.8) is 0 Å². The molecule has 0 saturated heterocycles. The van der Waals surface area contributed by atoms with E-state index in [9.17, 15) is 9.59 Å². The molecule has 0 bridgehead atoms. The normalized spacial score (nSPS) is 11.5. The minimum absolute atomic E-state index is 0.252. The third-order valence-electron chi connectivity index (χ3n) is 3.73. The molecule has 0 aliphatic rings. The summed E-state index contributed by atoms with van der Waals surface area (Å²) in [6.07, 6.45) is 0.0457. The quantitative estimate of drug-likeness (QED) is 0.717. The number of esters is 1. The Morgan fingerprint density at radius 2 is 1.85 bits per heavy atom. The maximum atomic E-state index is 12.4. The van der Waals surface area contributed by atoms with Gasteiger partial charge in [0.15, 0.2) is 6.10 Å². The highest BCUT2D eigenvalue weighted by molar-refractivity contribution is 6.31. The molecule has 0 aliphatic heterocycles. The number of carbonyl (C=O) groups excluding carboxylic acids is 2. The monoisotopic (exact) mass is 375 g/mol. The number of benzene rings is 2. The van der Waals surface area contributed by atoms with Crippen molar-refractivity contribution in [2.75, 3.05) is 11.9 Å². The van der Waals surface area contributed by atoms with Crippen molar-refractivity contribution in [3.8, 4) is 5.75 Å². The Kier molecular flexibility index (Phi) is 7.04. The van der Waals surface area contributed by atoms with E-state index in [0.29, 0.717) is 28.6 Å². The molecule has 0 radical (unpaired) electrons. The van der Waals surface area contributed by atoms with Gasteiger partial charge >= 0.3 is 5.97 Å². The highest BCUT2D eigenvalue weighted by Gasteiger charge is 2.16. The lowest BCUT2D eigenvalue weighted by molar-refractivity contribution is -0.151. The van der Waals surface area contributed by atoms with E-state index in [2.05, 4.69) is 5.32 Å². The second-order valence-electron chi connectivity index (χ2n) is 5.82. The van der Waals surface area contributed by atoms with Crippen LogP contribution in [0, 0.1) is 6.92 Å². The van der Waals surface area contributed by atoms with Crippen molar-refractivity contribution in [2.45, 2.75) is 33.3 Å². The highest BCUT2D eigenvalue weighted by Crippen LogP contribution is 2.23. The van der Waals surface area contributed by atoms with Crippen LogP contribution in [0.2, 0.25) is 5.02 Å². The van der Waals surface area contributed by atoms with Crippen LogP contribution in [0.4, 0.5) is 5.69 Å². The minimum Gasteiger partial charge on any atom is -0.479 e. The molecule has 0 spiro atoms. The SMILES string of the molecule is CCCOC(=O)[C@@H](C)Oc1ccc(C(=O)Nc2cccc(Cl)c2C)cc1. The molecule has 0 aliphatic carbocycles. The third-order valence-corrected chi connectivity index (χ3v) is 4.14. The summed E-state index contributed by atoms with van der Waals surface area (Å²) >= 11 is 6.06. The fourth-order valence-electron chi connectivity index (χ4n) is 2.19. The number of nitrogens with one attached hydrogen (secondary N) is 1. The minimum atomic E-state index is -0.713. The summed E-state index contributed by atoms with van der Waals surface area (Å²) < 4.78 is 10.6. The van der Waals surface area contributed by atoms with E-state index in [1.54, 1.807) is 49.4 Å². The fraction of sp³-hybridized carbons (Fsp3) is 0.300. The smallest absolute Gasteiger partial charge is 0.347 e. The summed E-state index contributed by atoms with van der Waals surface area (Å²) in [5, 5.41) is 3.42. The lowest BCUT2D eigenvalue weighted by Gasteiger charge is -2.14. The van der Waals surface area contributed by atoms with Crippen molar-refractivity contribution in [2.24, 2.45) is 0 Å². The first kappa shape index (κ1) is 19.8. The maximum Gasteiger partial charge on any atom is 0.347 e. The van der Waals surface area contributed by atoms with E-state index >= 15 is 0 Å². The molecule has 2 aromatic carbocycles. The van der Waals surface area contributed by atoms with Gasteiger partial charge in [-0.1, -0.05) is 24.6 Å². The Morgan fingerprint density at radius 1 is 1.15 bits per heavy atom. The Bertz CT molecular complexity index is 774. The molecule has 0 aromatic heterocycles. The molecule has 6 heteroatoms. The summed E-state index contributed by atoms with van der Waals surface area (Å²) in [5.74, 6) is -0.177. The van der Waals surface area contributed by atoms with Crippen LogP contribution < -0.4 is 10.1 Å². The van der Waals surface area contributed by atoms with Gasteiger partial charge < -0.3 is 14.8 Å². The number of hydrogen-bond donors (Lipinski definition) is 1. The van der Waals surface area contributed by atoms with Crippen LogP contribution in [-0.4, -0.2) is 24.6 Å². The van der Waals surface area contributed by atoms with Crippen molar-refractivity contribution < 1.29 is 19.1 Å². The molecular formula is C20H22ClNO4. The maximum absolute atomic E-state index is 12.4. The molecule has 0 unspecified atom stereocenters. The van der Waals surface area contributed by atoms with E-state index in [1.807, 2.05) is 13.8 Å². The molecule has 1 N–H and O–H groups in total. The van der Waals surface area contributed by atoms with E-state index in [1.165, 1.54) is 0 Å². The Balaban J connectivity index is 1.99. The molecule has 0 saturated carbocycles. The lowest BCUT2D eigenvalue weighted by atomic mass is 10.1. The number of carbonyl (C=O) groups is 2. The van der Waals surface area contributed by atoms with Gasteiger partial charge in [-0.05, 0) is 62.2 Å². The molecule has 1 atom stereocenters. The van der Waals surface area contributed by atoms with Gasteiger partial charge in [0.2, 0.25) is 0 Å². The molecule has 26 heavy (non-hydrogen) atoms. The van der Waals surface area contributed by atoms with Gasteiger partial charge in [0.1, 0.15) is 5.75 Å². The van der Waals surface area contributed by atoms with E-state index < -0.39 is 12.1 Å². The van der Waals surface area contributed by atoms with Gasteiger partial charge in [-0.15, -0.1) is 0 Å². The van der Waals surface area contributed by atoms with Crippen molar-refractivity contribution >= 4 is 29.2 Å². The van der Waals surface area contributed by atoms with Gasteiger partial charge in [-0.2, -0.15) is 0 Å². The summed E-state index contributed by atoms with van der Waals surface area (Å²) in [6.45, 7) is 5.76. The zero-order valence-electron chi connectivity index (χ0n) is 15.0. The Hall–Kier alpha value is -2.53. The summed E-state index contributed by atoms with van der Waals surface area (Å²) in [7, 11) is 0. The summed E-state index contributed by atoms with van der Waals surface area (Å²) in [4.78, 5) is 24.1. The van der Waals surface area contributed by atoms with Crippen molar-refractivity contribution in [1.82, 2.24) is 0 Å². The zero-order chi connectivity index (χ0) is 19.1. The van der Waals surface area contributed by atoms with Crippen LogP contribution in [-0.2, 0) is 9.53 Å². The summed E-state index contributed by atoms with van der Waals surface area (Å²) in [6, 6.07) is 11.9. The number of rotatable bonds is 7. The Morgan fingerprint density at radius 3 is 2.50 bits per heavy atom. The lowest BCUT2D eigenvalue weighted by Crippen LogP contribution is -2.26. The van der Waals surface area contributed by atoms with E-state index in [0.717, 1.165) is 12.0 Å². The van der Waals surface area contributed by atoms with Gasteiger partial charge in [-0.25, -0.2) is 4.79 Å². The number of hydrogen-bond acceptors (Lipinski definition) is 4. The number of anilines is 1. The average Bonchev–Trinajstić information content (AvgIpc) is 2.64. The number of amides is 1. The topological polar surface area (TPSA) is 64.6 Å². The molecular weight excluding hydrogens is 354 g/mol. The van der Waals surface area contributed by atoms with Crippen LogP contribution in [0.3, 0.4) is 0 Å². The highest BCUT2D eigenvalue weighted by atomic mass is 35.5. The molecule has 5 nitrogen and oxygen atoms in total. The number of halogens is 1. The van der Waals surface area contributed by atoms with Gasteiger partial charge in [0, 0.05) is 16.3 Å². The van der Waals surface area contributed by atoms with Crippen LogP contribution in [0.25, 0.3) is 0 Å². The van der Waals surface area contributed by atoms with E-state index in [-0.39, 0.29) is 5.91 Å². The Labute approximate surface area is 158 Å². The van der Waals surface area contributed by atoms with Crippen LogP contribution in [0.1, 0.15) is 36.2 Å². The molecule has 2 rings (SSSR count). The first-order chi connectivity index (χ1) is 12.4. The second-order valence-corrected chi connectivity index (χ2v) is 6.23.